The van der Waals surface area contributed by atoms with E-state index in [2.05, 4.69) is 143 Å². The van der Waals surface area contributed by atoms with Crippen LogP contribution >= 0.6 is 0 Å². The van der Waals surface area contributed by atoms with E-state index in [-0.39, 0.29) is 11.5 Å². The molecule has 3 nitrogen and oxygen atoms in total. The molecule has 2 N–H and O–H groups in total. The zero-order valence-electron chi connectivity index (χ0n) is 26.6. The summed E-state index contributed by atoms with van der Waals surface area (Å²) in [5, 5.41) is 2.29. The van der Waals surface area contributed by atoms with Crippen LogP contribution in [0.1, 0.15) is 84.7 Å². The number of allylic oxidation sites excluding steroid dienone is 1. The first-order valence-electron chi connectivity index (χ1n) is 15.6. The van der Waals surface area contributed by atoms with E-state index in [1.54, 1.807) is 0 Å². The van der Waals surface area contributed by atoms with Crippen molar-refractivity contribution in [3.8, 4) is 0 Å². The van der Waals surface area contributed by atoms with Crippen molar-refractivity contribution in [3.63, 3.8) is 0 Å². The van der Waals surface area contributed by atoms with Gasteiger partial charge in [0.1, 0.15) is 0 Å². The van der Waals surface area contributed by atoms with Crippen molar-refractivity contribution in [1.29, 1.82) is 0 Å². The SMILES string of the molecule is C=C(/N=C(\N=C(/C)c1ccc(C(C)(C)c2c#cc(C(C)N)cc2)cc1)c1cccc2c1C=CCC2)c1cccc2ccccc12. The van der Waals surface area contributed by atoms with Crippen LogP contribution in [0.25, 0.3) is 22.5 Å². The maximum Gasteiger partial charge on any atom is 0.160 e. The Morgan fingerprint density at radius 2 is 1.58 bits per heavy atom. The molecule has 5 aromatic rings. The Morgan fingerprint density at radius 3 is 2.33 bits per heavy atom. The van der Waals surface area contributed by atoms with Crippen LogP contribution in [0.4, 0.5) is 0 Å². The molecule has 1 aliphatic rings. The Labute approximate surface area is 267 Å². The van der Waals surface area contributed by atoms with Gasteiger partial charge < -0.3 is 5.73 Å². The molecule has 0 aromatic heterocycles. The average molecular weight is 586 g/mol. The van der Waals surface area contributed by atoms with Crippen molar-refractivity contribution in [3.05, 3.63) is 166 Å². The molecule has 1 aliphatic carbocycles. The van der Waals surface area contributed by atoms with Gasteiger partial charge >= 0.3 is 0 Å². The molecule has 0 saturated heterocycles. The largest absolute Gasteiger partial charge is 0.324 e. The van der Waals surface area contributed by atoms with Crippen molar-refractivity contribution in [2.24, 2.45) is 15.7 Å². The number of amidine groups is 1. The van der Waals surface area contributed by atoms with Gasteiger partial charge in [0.05, 0.1) is 5.70 Å². The molecular weight excluding hydrogens is 546 g/mol. The summed E-state index contributed by atoms with van der Waals surface area (Å²) in [6, 6.07) is 40.4. The van der Waals surface area contributed by atoms with Crippen LogP contribution in [0.5, 0.6) is 0 Å². The molecule has 45 heavy (non-hydrogen) atoms. The van der Waals surface area contributed by atoms with Crippen LogP contribution in [-0.4, -0.2) is 11.5 Å². The summed E-state index contributed by atoms with van der Waals surface area (Å²) in [6.07, 6.45) is 6.50. The number of hydrogen-bond donors (Lipinski definition) is 1. The topological polar surface area (TPSA) is 50.7 Å². The number of aryl methyl sites for hydroxylation is 1. The molecule has 1 atom stereocenters. The Balaban J connectivity index is 1.38. The van der Waals surface area contributed by atoms with Crippen LogP contribution < -0.4 is 5.73 Å². The van der Waals surface area contributed by atoms with Gasteiger partial charge in [-0.25, -0.2) is 9.98 Å². The normalized spacial score (nSPS) is 14.2. The summed E-state index contributed by atoms with van der Waals surface area (Å²) in [5.41, 5.74) is 16.2. The van der Waals surface area contributed by atoms with Gasteiger partial charge in [-0.2, -0.15) is 0 Å². The molecule has 0 saturated carbocycles. The molecule has 222 valence electrons. The maximum atomic E-state index is 6.03. The number of aliphatic imine (C=N–C) groups is 2. The lowest BCUT2D eigenvalue weighted by Crippen LogP contribution is -2.19. The lowest BCUT2D eigenvalue weighted by atomic mass is 9.78. The van der Waals surface area contributed by atoms with E-state index in [9.17, 15) is 0 Å². The van der Waals surface area contributed by atoms with E-state index in [1.807, 2.05) is 13.0 Å². The Kier molecular flexibility index (Phi) is 8.35. The van der Waals surface area contributed by atoms with Gasteiger partial charge in [0.2, 0.25) is 0 Å². The third-order valence-electron chi connectivity index (χ3n) is 8.88. The van der Waals surface area contributed by atoms with Gasteiger partial charge in [0.15, 0.2) is 5.84 Å². The van der Waals surface area contributed by atoms with Gasteiger partial charge in [0, 0.05) is 39.4 Å². The van der Waals surface area contributed by atoms with Crippen molar-refractivity contribution >= 4 is 34.1 Å². The van der Waals surface area contributed by atoms with Gasteiger partial charge in [-0.05, 0) is 71.8 Å². The molecule has 5 aromatic carbocycles. The van der Waals surface area contributed by atoms with Crippen molar-refractivity contribution in [2.45, 2.75) is 52.0 Å². The fourth-order valence-corrected chi connectivity index (χ4v) is 6.01. The molecule has 3 heteroatoms. The van der Waals surface area contributed by atoms with Crippen LogP contribution in [0.15, 0.2) is 120 Å². The minimum atomic E-state index is -0.241. The lowest BCUT2D eigenvalue weighted by molar-refractivity contribution is 0.640. The molecule has 0 spiro atoms. The summed E-state index contributed by atoms with van der Waals surface area (Å²) in [6.45, 7) is 12.9. The molecule has 0 fully saturated rings. The molecule has 0 aliphatic heterocycles. The summed E-state index contributed by atoms with van der Waals surface area (Å²) in [7, 11) is 0. The zero-order chi connectivity index (χ0) is 31.6. The Bertz CT molecular complexity index is 1950. The third kappa shape index (κ3) is 6.16. The number of benzene rings is 4. The van der Waals surface area contributed by atoms with Crippen LogP contribution in [0, 0.1) is 12.1 Å². The molecule has 0 heterocycles. The minimum absolute atomic E-state index is 0.0602. The van der Waals surface area contributed by atoms with Gasteiger partial charge in [0.25, 0.3) is 0 Å². The first kappa shape index (κ1) is 30.0. The highest BCUT2D eigenvalue weighted by atomic mass is 14.9. The quantitative estimate of drug-likeness (QED) is 0.150. The van der Waals surface area contributed by atoms with E-state index in [1.165, 1.54) is 16.7 Å². The second-order valence-corrected chi connectivity index (χ2v) is 12.4. The number of nitrogens with two attached hydrogens (primary N) is 1. The number of fused-ring (bicyclic) bond motifs is 2. The predicted molar refractivity (Wildman–Crippen MR) is 191 cm³/mol. The van der Waals surface area contributed by atoms with E-state index >= 15 is 0 Å². The monoisotopic (exact) mass is 585 g/mol. The second-order valence-electron chi connectivity index (χ2n) is 12.4. The Morgan fingerprint density at radius 1 is 0.844 bits per heavy atom. The summed E-state index contributed by atoms with van der Waals surface area (Å²) < 4.78 is 0. The third-order valence-corrected chi connectivity index (χ3v) is 8.88. The van der Waals surface area contributed by atoms with Crippen LogP contribution in [-0.2, 0) is 11.8 Å². The average Bonchev–Trinajstić information content (AvgIpc) is 3.07. The highest BCUT2D eigenvalue weighted by molar-refractivity contribution is 6.14. The van der Waals surface area contributed by atoms with E-state index in [0.29, 0.717) is 11.5 Å². The van der Waals surface area contributed by atoms with Crippen LogP contribution in [0.3, 0.4) is 0 Å². The first-order valence-corrected chi connectivity index (χ1v) is 15.6. The van der Waals surface area contributed by atoms with Crippen molar-refractivity contribution < 1.29 is 0 Å². The van der Waals surface area contributed by atoms with Crippen molar-refractivity contribution in [2.75, 3.05) is 0 Å². The second kappa shape index (κ2) is 12.5. The minimum Gasteiger partial charge on any atom is -0.324 e. The van der Waals surface area contributed by atoms with E-state index in [0.717, 1.165) is 57.1 Å². The number of hydrogen-bond acceptors (Lipinski definition) is 2. The Hall–Kier alpha value is -5.04. The fraction of sp³-hybridized carbons (Fsp3) is 0.190. The van der Waals surface area contributed by atoms with Gasteiger partial charge in [-0.15, -0.1) is 0 Å². The van der Waals surface area contributed by atoms with Crippen molar-refractivity contribution in [1.82, 2.24) is 0 Å². The van der Waals surface area contributed by atoms with E-state index in [4.69, 9.17) is 15.7 Å². The number of nitrogens with zero attached hydrogens (tertiary/aromatic N) is 2. The molecule has 0 bridgehead atoms. The summed E-state index contributed by atoms with van der Waals surface area (Å²) >= 11 is 0. The van der Waals surface area contributed by atoms with Gasteiger partial charge in [-0.3, -0.25) is 0 Å². The molecule has 0 amide bonds. The maximum absolute atomic E-state index is 6.03. The number of rotatable bonds is 7. The zero-order valence-corrected chi connectivity index (χ0v) is 26.6. The molecule has 1 unspecified atom stereocenters. The summed E-state index contributed by atoms with van der Waals surface area (Å²) in [4.78, 5) is 10.3. The predicted octanol–water partition coefficient (Wildman–Crippen LogP) is 9.67. The summed E-state index contributed by atoms with van der Waals surface area (Å²) in [5.74, 6) is 0.664. The molecule has 6 rings (SSSR count). The fourth-order valence-electron chi connectivity index (χ4n) is 6.01. The highest BCUT2D eigenvalue weighted by Gasteiger charge is 2.24. The van der Waals surface area contributed by atoms with Crippen LogP contribution in [0.2, 0.25) is 0 Å². The van der Waals surface area contributed by atoms with Gasteiger partial charge in [-0.1, -0.05) is 130 Å². The lowest BCUT2D eigenvalue weighted by Gasteiger charge is -2.25. The highest BCUT2D eigenvalue weighted by Crippen LogP contribution is 2.32. The molecule has 0 radical (unpaired) electrons. The first-order chi connectivity index (χ1) is 21.7. The standard InChI is InChI=1S/C42H39N3/c1-28(43)31-20-24-35(25-21-31)42(4,5)36-26-22-32(23-27-36)29(2)44-41(40-19-11-15-34-13-7-9-17-39(34)40)45-30(3)37-18-10-14-33-12-6-8-16-38(33)37/h6,8-12,14-20,22-24,26-28H,3,7,13,43H2,1-2,4-5H3/b44-29+,45-41-. The molecular formula is C42H39N3. The smallest absolute Gasteiger partial charge is 0.160 e. The van der Waals surface area contributed by atoms with E-state index < -0.39 is 0 Å².